The smallest absolute Gasteiger partial charge is 0.124 e. The Kier molecular flexibility index (Phi) is 7.12. The normalized spacial score (nSPS) is 16.0. The van der Waals surface area contributed by atoms with Gasteiger partial charge in [0.05, 0.1) is 5.02 Å². The molecule has 0 bridgehead atoms. The Hall–Kier alpha value is -1.74. The number of nitrogens with zero attached hydrogens (tertiary/aromatic N) is 2. The van der Waals surface area contributed by atoms with Crippen LogP contribution in [0, 0.1) is 5.92 Å². The first kappa shape index (κ1) is 19.6. The fraction of sp³-hybridized carbons (Fsp3) is 0.476. The minimum atomic E-state index is 0.479. The summed E-state index contributed by atoms with van der Waals surface area (Å²) in [4.78, 5) is 6.35. The molecule has 1 aromatic rings. The van der Waals surface area contributed by atoms with E-state index in [9.17, 15) is 0 Å². The molecule has 1 aliphatic heterocycles. The predicted octanol–water partition coefficient (Wildman–Crippen LogP) is 5.69. The third-order valence-electron chi connectivity index (χ3n) is 4.84. The van der Waals surface area contributed by atoms with Gasteiger partial charge in [0.2, 0.25) is 0 Å². The molecule has 0 unspecified atom stereocenters. The van der Waals surface area contributed by atoms with Gasteiger partial charge < -0.3 is 10.6 Å². The lowest BCUT2D eigenvalue weighted by molar-refractivity contribution is 0.253. The molecule has 0 spiro atoms. The maximum Gasteiger partial charge on any atom is 0.124 e. The molecular weight excluding hydrogens is 330 g/mol. The van der Waals surface area contributed by atoms with Crippen LogP contribution in [0.25, 0.3) is 5.70 Å². The average molecular weight is 360 g/mol. The van der Waals surface area contributed by atoms with Crippen LogP contribution in [0.5, 0.6) is 0 Å². The van der Waals surface area contributed by atoms with E-state index in [1.165, 1.54) is 24.8 Å². The zero-order valence-electron chi connectivity index (χ0n) is 15.7. The molecule has 3 nitrogen and oxygen atoms in total. The summed E-state index contributed by atoms with van der Waals surface area (Å²) in [6.07, 6.45) is 10.8. The Bertz CT molecular complexity index is 664. The van der Waals surface area contributed by atoms with Gasteiger partial charge in [0, 0.05) is 30.5 Å². The highest BCUT2D eigenvalue weighted by atomic mass is 35.5. The number of pyridine rings is 1. The molecule has 4 heteroatoms. The number of allylic oxidation sites excluding steroid dienone is 4. The second kappa shape index (κ2) is 9.10. The van der Waals surface area contributed by atoms with E-state index in [1.807, 2.05) is 6.07 Å². The van der Waals surface area contributed by atoms with E-state index in [1.54, 1.807) is 11.8 Å². The Morgan fingerprint density at radius 3 is 2.64 bits per heavy atom. The molecule has 2 rings (SSSR count). The largest absolute Gasteiger partial charge is 0.384 e. The van der Waals surface area contributed by atoms with Crippen molar-refractivity contribution in [2.45, 2.75) is 46.5 Å². The molecule has 0 radical (unpaired) electrons. The summed E-state index contributed by atoms with van der Waals surface area (Å²) >= 11 is 6.27. The highest BCUT2D eigenvalue weighted by Crippen LogP contribution is 2.32. The predicted molar refractivity (Wildman–Crippen MR) is 109 cm³/mol. The van der Waals surface area contributed by atoms with Crippen molar-refractivity contribution >= 4 is 23.1 Å². The molecule has 2 heterocycles. The number of rotatable bonds is 6. The van der Waals surface area contributed by atoms with Crippen LogP contribution in [0.2, 0.25) is 5.02 Å². The summed E-state index contributed by atoms with van der Waals surface area (Å²) in [6, 6.07) is 1.81. The average Bonchev–Trinajstić information content (AvgIpc) is 2.60. The molecule has 136 valence electrons. The maximum atomic E-state index is 6.27. The highest BCUT2D eigenvalue weighted by molar-refractivity contribution is 6.32. The molecule has 0 amide bonds. The van der Waals surface area contributed by atoms with E-state index in [-0.39, 0.29) is 0 Å². The first-order chi connectivity index (χ1) is 11.9. The summed E-state index contributed by atoms with van der Waals surface area (Å²) in [5, 5.41) is 0.610. The Morgan fingerprint density at radius 2 is 2.04 bits per heavy atom. The highest BCUT2D eigenvalue weighted by Gasteiger charge is 2.22. The molecule has 1 aromatic heterocycles. The Morgan fingerprint density at radius 1 is 1.36 bits per heavy atom. The first-order valence-electron chi connectivity index (χ1n) is 9.08. The molecule has 2 N–H and O–H groups in total. The van der Waals surface area contributed by atoms with Crippen molar-refractivity contribution < 1.29 is 0 Å². The van der Waals surface area contributed by atoms with E-state index < -0.39 is 0 Å². The van der Waals surface area contributed by atoms with E-state index in [0.29, 0.717) is 10.8 Å². The second-order valence-corrected chi connectivity index (χ2v) is 7.50. The first-order valence-corrected chi connectivity index (χ1v) is 9.46. The van der Waals surface area contributed by atoms with Crippen LogP contribution in [0.15, 0.2) is 42.1 Å². The van der Waals surface area contributed by atoms with Gasteiger partial charge in [0.25, 0.3) is 0 Å². The van der Waals surface area contributed by atoms with Crippen molar-refractivity contribution in [1.29, 1.82) is 0 Å². The third kappa shape index (κ3) is 5.64. The van der Waals surface area contributed by atoms with Crippen LogP contribution in [-0.4, -0.2) is 23.0 Å². The number of aromatic nitrogens is 1. The van der Waals surface area contributed by atoms with Gasteiger partial charge in [-0.15, -0.1) is 0 Å². The van der Waals surface area contributed by atoms with Crippen LogP contribution in [0.1, 0.15) is 52.0 Å². The van der Waals surface area contributed by atoms with Crippen LogP contribution in [-0.2, 0) is 0 Å². The molecule has 0 aromatic carbocycles. The van der Waals surface area contributed by atoms with Crippen molar-refractivity contribution in [2.75, 3.05) is 18.8 Å². The second-order valence-electron chi connectivity index (χ2n) is 7.09. The Labute approximate surface area is 157 Å². The van der Waals surface area contributed by atoms with Gasteiger partial charge in [-0.1, -0.05) is 48.4 Å². The number of anilines is 1. The van der Waals surface area contributed by atoms with Crippen LogP contribution in [0.4, 0.5) is 5.82 Å². The SMILES string of the molecule is C=C(c1cc(N)ncc1Cl)N1CCC(C/C(=C/C=C(C)C)CC)CC1. The zero-order chi connectivity index (χ0) is 18.4. The van der Waals surface area contributed by atoms with Crippen LogP contribution >= 0.6 is 11.6 Å². The molecule has 25 heavy (non-hydrogen) atoms. The standard InChI is InChI=1S/C21H30ClN3/c1-5-17(7-6-15(2)3)12-18-8-10-25(11-9-18)16(4)19-13-21(23)24-14-20(19)22/h6-7,13-14,18H,4-5,8-12H2,1-3H3,(H2,23,24)/b17-7+. The minimum Gasteiger partial charge on any atom is -0.384 e. The summed E-state index contributed by atoms with van der Waals surface area (Å²) in [5.74, 6) is 1.23. The van der Waals surface area contributed by atoms with Crippen LogP contribution < -0.4 is 5.73 Å². The number of likely N-dealkylation sites (tertiary alicyclic amines) is 1. The molecule has 0 saturated carbocycles. The Balaban J connectivity index is 1.95. The lowest BCUT2D eigenvalue weighted by Gasteiger charge is -2.35. The van der Waals surface area contributed by atoms with E-state index in [4.69, 9.17) is 17.3 Å². The molecule has 1 fully saturated rings. The van der Waals surface area contributed by atoms with E-state index in [2.05, 4.69) is 49.4 Å². The summed E-state index contributed by atoms with van der Waals surface area (Å²) in [7, 11) is 0. The topological polar surface area (TPSA) is 42.1 Å². The van der Waals surface area contributed by atoms with Gasteiger partial charge in [-0.3, -0.25) is 0 Å². The molecular formula is C21H30ClN3. The quantitative estimate of drug-likeness (QED) is 0.663. The number of hydrogen-bond acceptors (Lipinski definition) is 3. The number of nitrogen functional groups attached to an aromatic ring is 1. The number of halogens is 1. The van der Waals surface area contributed by atoms with Gasteiger partial charge in [-0.05, 0) is 51.5 Å². The van der Waals surface area contributed by atoms with Gasteiger partial charge in [0.1, 0.15) is 5.82 Å². The fourth-order valence-corrected chi connectivity index (χ4v) is 3.45. The van der Waals surface area contributed by atoms with Crippen molar-refractivity contribution in [3.05, 3.63) is 52.7 Å². The minimum absolute atomic E-state index is 0.479. The molecule has 0 aliphatic carbocycles. The lowest BCUT2D eigenvalue weighted by Crippen LogP contribution is -2.32. The number of piperidine rings is 1. The number of nitrogens with two attached hydrogens (primary N) is 1. The third-order valence-corrected chi connectivity index (χ3v) is 5.14. The van der Waals surface area contributed by atoms with E-state index in [0.717, 1.165) is 36.7 Å². The van der Waals surface area contributed by atoms with E-state index >= 15 is 0 Å². The van der Waals surface area contributed by atoms with Crippen molar-refractivity contribution in [2.24, 2.45) is 5.92 Å². The van der Waals surface area contributed by atoms with Gasteiger partial charge in [0.15, 0.2) is 0 Å². The van der Waals surface area contributed by atoms with Crippen molar-refractivity contribution in [3.63, 3.8) is 0 Å². The molecule has 1 saturated heterocycles. The molecule has 0 atom stereocenters. The maximum absolute atomic E-state index is 6.27. The van der Waals surface area contributed by atoms with Crippen LogP contribution in [0.3, 0.4) is 0 Å². The summed E-state index contributed by atoms with van der Waals surface area (Å²) < 4.78 is 0. The fourth-order valence-electron chi connectivity index (χ4n) is 3.24. The number of hydrogen-bond donors (Lipinski definition) is 1. The molecule has 1 aliphatic rings. The monoisotopic (exact) mass is 359 g/mol. The summed E-state index contributed by atoms with van der Waals surface area (Å²) in [6.45, 7) is 12.8. The summed E-state index contributed by atoms with van der Waals surface area (Å²) in [5.41, 5.74) is 10.5. The van der Waals surface area contributed by atoms with Crippen molar-refractivity contribution in [1.82, 2.24) is 9.88 Å². The lowest BCUT2D eigenvalue weighted by atomic mass is 9.88. The van der Waals surface area contributed by atoms with Crippen molar-refractivity contribution in [3.8, 4) is 0 Å². The van der Waals surface area contributed by atoms with Gasteiger partial charge in [-0.25, -0.2) is 4.98 Å². The van der Waals surface area contributed by atoms with Gasteiger partial charge >= 0.3 is 0 Å². The van der Waals surface area contributed by atoms with Gasteiger partial charge in [-0.2, -0.15) is 0 Å². The zero-order valence-corrected chi connectivity index (χ0v) is 16.4.